The number of hydrogen-bond donors (Lipinski definition) is 1. The van der Waals surface area contributed by atoms with E-state index in [0.29, 0.717) is 24.8 Å². The minimum atomic E-state index is -3.39. The van der Waals surface area contributed by atoms with Crippen molar-refractivity contribution >= 4 is 10.0 Å². The van der Waals surface area contributed by atoms with Gasteiger partial charge in [0.15, 0.2) is 5.03 Å². The van der Waals surface area contributed by atoms with Gasteiger partial charge in [0.05, 0.1) is 6.20 Å². The Bertz CT molecular complexity index is 570. The Kier molecular flexibility index (Phi) is 4.33. The molecule has 2 fully saturated rings. The van der Waals surface area contributed by atoms with E-state index in [1.165, 1.54) is 32.1 Å². The smallest absolute Gasteiger partial charge is 0.260 e. The number of aromatic amines is 1. The van der Waals surface area contributed by atoms with Gasteiger partial charge in [0, 0.05) is 19.6 Å². The number of hydrogen-bond acceptors (Lipinski definition) is 4. The molecule has 0 spiro atoms. The van der Waals surface area contributed by atoms with Gasteiger partial charge < -0.3 is 9.88 Å². The summed E-state index contributed by atoms with van der Waals surface area (Å²) in [6.45, 7) is 6.58. The van der Waals surface area contributed by atoms with Crippen LogP contribution in [0.15, 0.2) is 11.2 Å². The third kappa shape index (κ3) is 3.30. The van der Waals surface area contributed by atoms with Gasteiger partial charge in [-0.15, -0.1) is 0 Å². The lowest BCUT2D eigenvalue weighted by Gasteiger charge is -2.32. The van der Waals surface area contributed by atoms with Gasteiger partial charge in [-0.1, -0.05) is 0 Å². The van der Waals surface area contributed by atoms with Crippen molar-refractivity contribution in [2.45, 2.75) is 37.6 Å². The molecule has 0 saturated carbocycles. The molecule has 0 radical (unpaired) electrons. The molecule has 1 N–H and O–H groups in total. The summed E-state index contributed by atoms with van der Waals surface area (Å²) in [4.78, 5) is 9.35. The fourth-order valence-corrected chi connectivity index (χ4v) is 4.76. The molecule has 118 valence electrons. The minimum Gasteiger partial charge on any atom is -0.332 e. The third-order valence-electron chi connectivity index (χ3n) is 4.59. The Morgan fingerprint density at radius 1 is 1.24 bits per heavy atom. The van der Waals surface area contributed by atoms with Crippen LogP contribution in [-0.2, 0) is 10.0 Å². The molecule has 2 aliphatic heterocycles. The third-order valence-corrected chi connectivity index (χ3v) is 6.39. The van der Waals surface area contributed by atoms with Gasteiger partial charge in [-0.25, -0.2) is 13.4 Å². The lowest BCUT2D eigenvalue weighted by Crippen LogP contribution is -2.41. The molecule has 3 rings (SSSR count). The molecule has 0 unspecified atom stereocenters. The van der Waals surface area contributed by atoms with Gasteiger partial charge in [0.2, 0.25) is 0 Å². The van der Waals surface area contributed by atoms with Gasteiger partial charge in [0.1, 0.15) is 5.82 Å². The molecule has 1 aromatic heterocycles. The molecule has 1 aromatic rings. The number of imidazole rings is 1. The van der Waals surface area contributed by atoms with Crippen LogP contribution in [0.3, 0.4) is 0 Å². The van der Waals surface area contributed by atoms with E-state index in [1.54, 1.807) is 11.2 Å². The summed E-state index contributed by atoms with van der Waals surface area (Å²) >= 11 is 0. The lowest BCUT2D eigenvalue weighted by molar-refractivity contribution is 0.205. The largest absolute Gasteiger partial charge is 0.332 e. The SMILES string of the molecule is Cc1ncc(S(=O)(=O)N2CCC(CN3CCCC3)CC2)[nH]1. The molecular formula is C14H24N4O2S. The first-order valence-corrected chi connectivity index (χ1v) is 9.24. The number of piperidine rings is 1. The van der Waals surface area contributed by atoms with E-state index in [1.807, 2.05) is 0 Å². The number of nitrogens with zero attached hydrogens (tertiary/aromatic N) is 3. The fourth-order valence-electron chi connectivity index (χ4n) is 3.33. The highest BCUT2D eigenvalue weighted by atomic mass is 32.2. The van der Waals surface area contributed by atoms with Crippen molar-refractivity contribution in [3.05, 3.63) is 12.0 Å². The van der Waals surface area contributed by atoms with Gasteiger partial charge in [-0.3, -0.25) is 0 Å². The summed E-state index contributed by atoms with van der Waals surface area (Å²) in [5.74, 6) is 1.27. The zero-order valence-corrected chi connectivity index (χ0v) is 13.4. The first-order chi connectivity index (χ1) is 10.1. The molecule has 21 heavy (non-hydrogen) atoms. The predicted molar refractivity (Wildman–Crippen MR) is 80.5 cm³/mol. The Labute approximate surface area is 126 Å². The molecule has 0 amide bonds. The second-order valence-electron chi connectivity index (χ2n) is 6.19. The monoisotopic (exact) mass is 312 g/mol. The summed E-state index contributed by atoms with van der Waals surface area (Å²) in [5, 5.41) is 0.220. The minimum absolute atomic E-state index is 0.220. The van der Waals surface area contributed by atoms with E-state index >= 15 is 0 Å². The first kappa shape index (κ1) is 15.0. The second-order valence-corrected chi connectivity index (χ2v) is 8.09. The van der Waals surface area contributed by atoms with E-state index in [4.69, 9.17) is 0 Å². The zero-order valence-electron chi connectivity index (χ0n) is 12.6. The summed E-state index contributed by atoms with van der Waals surface area (Å²) in [5.41, 5.74) is 0. The van der Waals surface area contributed by atoms with Crippen molar-refractivity contribution in [1.82, 2.24) is 19.2 Å². The van der Waals surface area contributed by atoms with Crippen LogP contribution in [0, 0.1) is 12.8 Å². The van der Waals surface area contributed by atoms with Crippen molar-refractivity contribution in [3.63, 3.8) is 0 Å². The fraction of sp³-hybridized carbons (Fsp3) is 0.786. The molecule has 0 aromatic carbocycles. The molecule has 2 aliphatic rings. The summed E-state index contributed by atoms with van der Waals surface area (Å²) < 4.78 is 26.6. The van der Waals surface area contributed by atoms with E-state index in [-0.39, 0.29) is 5.03 Å². The number of H-pyrrole nitrogens is 1. The van der Waals surface area contributed by atoms with E-state index < -0.39 is 10.0 Å². The molecule has 0 bridgehead atoms. The highest BCUT2D eigenvalue weighted by Crippen LogP contribution is 2.24. The molecule has 7 heteroatoms. The van der Waals surface area contributed by atoms with Crippen molar-refractivity contribution in [1.29, 1.82) is 0 Å². The van der Waals surface area contributed by atoms with Crippen LogP contribution in [0.5, 0.6) is 0 Å². The number of nitrogens with one attached hydrogen (secondary N) is 1. The van der Waals surface area contributed by atoms with Gasteiger partial charge in [0.25, 0.3) is 10.0 Å². The van der Waals surface area contributed by atoms with Crippen LogP contribution >= 0.6 is 0 Å². The number of likely N-dealkylation sites (tertiary alicyclic amines) is 1. The highest BCUT2D eigenvalue weighted by Gasteiger charge is 2.31. The highest BCUT2D eigenvalue weighted by molar-refractivity contribution is 7.89. The van der Waals surface area contributed by atoms with Crippen LogP contribution in [0.2, 0.25) is 0 Å². The average molecular weight is 312 g/mol. The van der Waals surface area contributed by atoms with Crippen molar-refractivity contribution in [2.75, 3.05) is 32.7 Å². The molecule has 6 nitrogen and oxygen atoms in total. The van der Waals surface area contributed by atoms with Crippen LogP contribution in [0.25, 0.3) is 0 Å². The van der Waals surface area contributed by atoms with Crippen molar-refractivity contribution < 1.29 is 8.42 Å². The van der Waals surface area contributed by atoms with Crippen LogP contribution in [0.1, 0.15) is 31.5 Å². The number of rotatable bonds is 4. The molecular weight excluding hydrogens is 288 g/mol. The number of aromatic nitrogens is 2. The quantitative estimate of drug-likeness (QED) is 0.907. The van der Waals surface area contributed by atoms with Crippen molar-refractivity contribution in [3.8, 4) is 0 Å². The predicted octanol–water partition coefficient (Wildman–Crippen LogP) is 1.21. The van der Waals surface area contributed by atoms with Crippen LogP contribution in [0.4, 0.5) is 0 Å². The van der Waals surface area contributed by atoms with E-state index in [2.05, 4.69) is 14.9 Å². The Hall–Kier alpha value is -0.920. The van der Waals surface area contributed by atoms with E-state index in [9.17, 15) is 8.42 Å². The lowest BCUT2D eigenvalue weighted by atomic mass is 9.98. The Morgan fingerprint density at radius 2 is 1.90 bits per heavy atom. The Balaban J connectivity index is 1.57. The standard InChI is InChI=1S/C14H24N4O2S/c1-12-15-10-14(16-12)21(19,20)18-8-4-13(5-9-18)11-17-6-2-3-7-17/h10,13H,2-9,11H2,1H3,(H,15,16). The maximum absolute atomic E-state index is 12.5. The van der Waals surface area contributed by atoms with E-state index in [0.717, 1.165) is 19.4 Å². The Morgan fingerprint density at radius 3 is 2.48 bits per heavy atom. The molecule has 2 saturated heterocycles. The summed E-state index contributed by atoms with van der Waals surface area (Å²) in [6, 6.07) is 0. The van der Waals surface area contributed by atoms with Crippen LogP contribution < -0.4 is 0 Å². The number of sulfonamides is 1. The number of aryl methyl sites for hydroxylation is 1. The van der Waals surface area contributed by atoms with Gasteiger partial charge in [-0.2, -0.15) is 4.31 Å². The first-order valence-electron chi connectivity index (χ1n) is 7.80. The van der Waals surface area contributed by atoms with Crippen LogP contribution in [-0.4, -0.2) is 60.3 Å². The molecule has 0 atom stereocenters. The van der Waals surface area contributed by atoms with Crippen molar-refractivity contribution in [2.24, 2.45) is 5.92 Å². The zero-order chi connectivity index (χ0) is 14.9. The average Bonchev–Trinajstić information content (AvgIpc) is 3.11. The molecule has 0 aliphatic carbocycles. The van der Waals surface area contributed by atoms with Gasteiger partial charge >= 0.3 is 0 Å². The summed E-state index contributed by atoms with van der Waals surface area (Å²) in [6.07, 6.45) is 5.96. The topological polar surface area (TPSA) is 69.3 Å². The van der Waals surface area contributed by atoms with Gasteiger partial charge in [-0.05, 0) is 51.6 Å². The maximum atomic E-state index is 12.5. The normalized spacial score (nSPS) is 22.9. The second kappa shape index (κ2) is 6.06. The summed E-state index contributed by atoms with van der Waals surface area (Å²) in [7, 11) is -3.39. The maximum Gasteiger partial charge on any atom is 0.260 e. The molecule has 3 heterocycles.